The highest BCUT2D eigenvalue weighted by Crippen LogP contribution is 2.39. The molecule has 0 spiro atoms. The quantitative estimate of drug-likeness (QED) is 0.391. The van der Waals surface area contributed by atoms with Crippen molar-refractivity contribution in [1.82, 2.24) is 4.98 Å². The fraction of sp³-hybridized carbons (Fsp3) is 0.333. The number of carbonyl (C=O) groups is 1. The third kappa shape index (κ3) is 4.86. The molecule has 9 heteroatoms. The van der Waals surface area contributed by atoms with Crippen LogP contribution in [-0.4, -0.2) is 43.0 Å². The molecule has 2 heterocycles. The van der Waals surface area contributed by atoms with E-state index in [-0.39, 0.29) is 17.8 Å². The van der Waals surface area contributed by atoms with Gasteiger partial charge in [0.25, 0.3) is 0 Å². The maximum atomic E-state index is 13.2. The summed E-state index contributed by atoms with van der Waals surface area (Å²) in [5, 5.41) is 1.87. The van der Waals surface area contributed by atoms with Crippen molar-refractivity contribution in [3.05, 3.63) is 46.4 Å². The predicted octanol–water partition coefficient (Wildman–Crippen LogP) is 5.92. The summed E-state index contributed by atoms with van der Waals surface area (Å²) >= 11 is 15.2. The van der Waals surface area contributed by atoms with E-state index < -0.39 is 0 Å². The average Bonchev–Trinajstić information content (AvgIpc) is 3.42. The Labute approximate surface area is 193 Å². The first kappa shape index (κ1) is 21.7. The number of halogens is 2. The van der Waals surface area contributed by atoms with Crippen molar-refractivity contribution in [2.24, 2.45) is 0 Å². The van der Waals surface area contributed by atoms with Gasteiger partial charge in [-0.25, -0.2) is 4.98 Å². The number of aromatic nitrogens is 1. The van der Waals surface area contributed by atoms with Gasteiger partial charge in [0.2, 0.25) is 5.91 Å². The molecule has 0 saturated carbocycles. The van der Waals surface area contributed by atoms with E-state index in [2.05, 4.69) is 0 Å². The van der Waals surface area contributed by atoms with Crippen LogP contribution in [-0.2, 0) is 9.53 Å². The van der Waals surface area contributed by atoms with E-state index in [1.54, 1.807) is 24.1 Å². The highest BCUT2D eigenvalue weighted by molar-refractivity contribution is 8.00. The van der Waals surface area contributed by atoms with Gasteiger partial charge < -0.3 is 9.47 Å². The van der Waals surface area contributed by atoms with Crippen molar-refractivity contribution < 1.29 is 14.3 Å². The van der Waals surface area contributed by atoms with Crippen LogP contribution in [0.25, 0.3) is 10.2 Å². The van der Waals surface area contributed by atoms with Gasteiger partial charge in [-0.1, -0.05) is 34.5 Å². The second kappa shape index (κ2) is 9.75. The van der Waals surface area contributed by atoms with Crippen LogP contribution in [0.15, 0.2) is 41.3 Å². The molecule has 1 saturated heterocycles. The summed E-state index contributed by atoms with van der Waals surface area (Å²) in [7, 11) is 1.60. The average molecular weight is 483 g/mol. The van der Waals surface area contributed by atoms with Gasteiger partial charge in [0.05, 0.1) is 35.2 Å². The zero-order valence-electron chi connectivity index (χ0n) is 16.3. The van der Waals surface area contributed by atoms with E-state index >= 15 is 0 Å². The molecule has 0 bridgehead atoms. The summed E-state index contributed by atoms with van der Waals surface area (Å²) in [6.45, 7) is 1.20. The van der Waals surface area contributed by atoms with E-state index in [0.717, 1.165) is 29.0 Å². The van der Waals surface area contributed by atoms with Crippen LogP contribution < -0.4 is 9.64 Å². The van der Waals surface area contributed by atoms with Crippen LogP contribution in [0.1, 0.15) is 12.8 Å². The van der Waals surface area contributed by atoms with Gasteiger partial charge in [-0.2, -0.15) is 0 Å². The van der Waals surface area contributed by atoms with Gasteiger partial charge in [-0.15, -0.1) is 11.8 Å². The van der Waals surface area contributed by atoms with Crippen molar-refractivity contribution in [2.75, 3.05) is 30.9 Å². The van der Waals surface area contributed by atoms with E-state index in [0.29, 0.717) is 33.0 Å². The van der Waals surface area contributed by atoms with Gasteiger partial charge in [-0.3, -0.25) is 9.69 Å². The first-order chi connectivity index (χ1) is 14.5. The normalized spacial score (nSPS) is 16.2. The Balaban J connectivity index is 1.60. The number of hydrogen-bond donors (Lipinski definition) is 0. The van der Waals surface area contributed by atoms with Crippen LogP contribution in [0.4, 0.5) is 5.13 Å². The molecule has 0 N–H and O–H groups in total. The summed E-state index contributed by atoms with van der Waals surface area (Å²) < 4.78 is 12.0. The molecule has 1 aliphatic heterocycles. The second-order valence-electron chi connectivity index (χ2n) is 6.81. The number of amides is 1. The fourth-order valence-corrected chi connectivity index (χ4v) is 5.44. The third-order valence-corrected chi connectivity index (χ3v) is 7.57. The van der Waals surface area contributed by atoms with Gasteiger partial charge in [0.15, 0.2) is 5.13 Å². The van der Waals surface area contributed by atoms with E-state index in [4.69, 9.17) is 37.7 Å². The molecule has 4 rings (SSSR count). The van der Waals surface area contributed by atoms with E-state index in [1.165, 1.54) is 23.1 Å². The van der Waals surface area contributed by atoms with Crippen LogP contribution in [0, 0.1) is 0 Å². The predicted molar refractivity (Wildman–Crippen MR) is 125 cm³/mol. The molecular weight excluding hydrogens is 463 g/mol. The summed E-state index contributed by atoms with van der Waals surface area (Å²) in [6.07, 6.45) is 1.95. The number of rotatable bonds is 7. The van der Waals surface area contributed by atoms with Gasteiger partial charge >= 0.3 is 0 Å². The molecule has 158 valence electrons. The molecule has 2 aromatic carbocycles. The number of methoxy groups -OCH3 is 1. The molecule has 1 aromatic heterocycles. The van der Waals surface area contributed by atoms with Crippen LogP contribution in [0.5, 0.6) is 5.75 Å². The first-order valence-electron chi connectivity index (χ1n) is 9.48. The molecule has 5 nitrogen and oxygen atoms in total. The SMILES string of the molecule is COc1ccc(Cl)c2sc(N(CC3CCCO3)C(=O)CSc3ccc(Cl)cc3)nc12. The number of nitrogens with zero attached hydrogens (tertiary/aromatic N) is 2. The monoisotopic (exact) mass is 482 g/mol. The number of fused-ring (bicyclic) bond motifs is 1. The molecule has 1 amide bonds. The summed E-state index contributed by atoms with van der Waals surface area (Å²) in [5.41, 5.74) is 0.667. The summed E-state index contributed by atoms with van der Waals surface area (Å²) in [4.78, 5) is 20.6. The number of carbonyl (C=O) groups excluding carboxylic acids is 1. The minimum atomic E-state index is -0.0282. The Hall–Kier alpha value is -1.51. The topological polar surface area (TPSA) is 51.7 Å². The van der Waals surface area contributed by atoms with Gasteiger partial charge in [0, 0.05) is 16.5 Å². The van der Waals surface area contributed by atoms with E-state index in [1.807, 2.05) is 24.3 Å². The zero-order valence-corrected chi connectivity index (χ0v) is 19.4. The Morgan fingerprint density at radius 2 is 2.10 bits per heavy atom. The van der Waals surface area contributed by atoms with Gasteiger partial charge in [-0.05, 0) is 49.2 Å². The maximum absolute atomic E-state index is 13.2. The van der Waals surface area contributed by atoms with Crippen molar-refractivity contribution in [3.8, 4) is 5.75 Å². The molecule has 1 unspecified atom stereocenters. The lowest BCUT2D eigenvalue weighted by Gasteiger charge is -2.23. The number of hydrogen-bond acceptors (Lipinski definition) is 6. The molecular formula is C21H20Cl2N2O3S2. The van der Waals surface area contributed by atoms with Crippen LogP contribution >= 0.6 is 46.3 Å². The largest absolute Gasteiger partial charge is 0.494 e. The van der Waals surface area contributed by atoms with Crippen molar-refractivity contribution in [3.63, 3.8) is 0 Å². The minimum absolute atomic E-state index is 0.0128. The van der Waals surface area contributed by atoms with E-state index in [9.17, 15) is 4.79 Å². The number of ether oxygens (including phenoxy) is 2. The van der Waals surface area contributed by atoms with Gasteiger partial charge in [0.1, 0.15) is 11.3 Å². The molecule has 1 atom stereocenters. The lowest BCUT2D eigenvalue weighted by atomic mass is 10.2. The molecule has 30 heavy (non-hydrogen) atoms. The molecule has 1 fully saturated rings. The fourth-order valence-electron chi connectivity index (χ4n) is 3.25. The molecule has 0 aliphatic carbocycles. The van der Waals surface area contributed by atoms with Crippen molar-refractivity contribution >= 4 is 67.6 Å². The number of thioether (sulfide) groups is 1. The van der Waals surface area contributed by atoms with Crippen LogP contribution in [0.3, 0.4) is 0 Å². The van der Waals surface area contributed by atoms with Crippen molar-refractivity contribution in [1.29, 1.82) is 0 Å². The zero-order chi connectivity index (χ0) is 21.1. The lowest BCUT2D eigenvalue weighted by Crippen LogP contribution is -2.38. The third-order valence-electron chi connectivity index (χ3n) is 4.79. The summed E-state index contributed by atoms with van der Waals surface area (Å²) in [5.74, 6) is 0.895. The lowest BCUT2D eigenvalue weighted by molar-refractivity contribution is -0.116. The number of thiazole rings is 1. The minimum Gasteiger partial charge on any atom is -0.494 e. The Bertz CT molecular complexity index is 1040. The maximum Gasteiger partial charge on any atom is 0.239 e. The Morgan fingerprint density at radius 3 is 2.80 bits per heavy atom. The highest BCUT2D eigenvalue weighted by Gasteiger charge is 2.27. The van der Waals surface area contributed by atoms with Crippen LogP contribution in [0.2, 0.25) is 10.0 Å². The standard InChI is InChI=1S/C21H20Cl2N2O3S2/c1-27-17-9-8-16(23)20-19(17)24-21(30-20)25(11-14-3-2-10-28-14)18(26)12-29-15-6-4-13(22)5-7-15/h4-9,14H,2-3,10-12H2,1H3. The molecule has 3 aromatic rings. The first-order valence-corrected chi connectivity index (χ1v) is 12.0. The smallest absolute Gasteiger partial charge is 0.239 e. The number of anilines is 1. The summed E-state index contributed by atoms with van der Waals surface area (Å²) in [6, 6.07) is 11.0. The Kier molecular flexibility index (Phi) is 7.05. The molecule has 1 aliphatic rings. The highest BCUT2D eigenvalue weighted by atomic mass is 35.5. The van der Waals surface area contributed by atoms with Crippen molar-refractivity contribution in [2.45, 2.75) is 23.8 Å². The number of benzene rings is 2. The Morgan fingerprint density at radius 1 is 1.30 bits per heavy atom. The molecule has 0 radical (unpaired) electrons. The second-order valence-corrected chi connectivity index (χ2v) is 9.68.